The molecule has 19 heavy (non-hydrogen) atoms. The molecule has 3 heteroatoms. The molecule has 2 aromatic rings. The number of hydrogen-bond donors (Lipinski definition) is 0. The van der Waals surface area contributed by atoms with Crippen molar-refractivity contribution >= 4 is 5.91 Å². The maximum absolute atomic E-state index is 11.9. The van der Waals surface area contributed by atoms with Crippen molar-refractivity contribution in [2.45, 2.75) is 6.61 Å². The monoisotopic (exact) mass is 255 g/mol. The van der Waals surface area contributed by atoms with Gasteiger partial charge in [0.15, 0.2) is 0 Å². The van der Waals surface area contributed by atoms with E-state index >= 15 is 0 Å². The first-order valence-electron chi connectivity index (χ1n) is 6.15. The number of amides is 1. The lowest BCUT2D eigenvalue weighted by atomic mass is 10.1. The van der Waals surface area contributed by atoms with Gasteiger partial charge in [-0.3, -0.25) is 4.79 Å². The fraction of sp³-hybridized carbons (Fsp3) is 0.188. The van der Waals surface area contributed by atoms with Gasteiger partial charge in [-0.1, -0.05) is 30.3 Å². The Morgan fingerprint density at radius 3 is 2.47 bits per heavy atom. The number of ether oxygens (including phenoxy) is 1. The van der Waals surface area contributed by atoms with Crippen LogP contribution >= 0.6 is 0 Å². The zero-order valence-corrected chi connectivity index (χ0v) is 11.2. The minimum atomic E-state index is 0.00145. The minimum absolute atomic E-state index is 0.00145. The van der Waals surface area contributed by atoms with Crippen LogP contribution in [0.1, 0.15) is 15.9 Å². The molecule has 0 unspecified atom stereocenters. The molecule has 0 aromatic heterocycles. The average Bonchev–Trinajstić information content (AvgIpc) is 2.45. The summed E-state index contributed by atoms with van der Waals surface area (Å²) in [6.45, 7) is 0.457. The van der Waals surface area contributed by atoms with Gasteiger partial charge >= 0.3 is 0 Å². The van der Waals surface area contributed by atoms with E-state index in [9.17, 15) is 4.79 Å². The van der Waals surface area contributed by atoms with E-state index in [-0.39, 0.29) is 5.91 Å². The standard InChI is InChI=1S/C16H17NO2/c1-17(2)16(18)14-8-6-7-13(11-14)12-19-15-9-4-3-5-10-15/h3-11H,12H2,1-2H3. The number of benzene rings is 2. The van der Waals surface area contributed by atoms with Gasteiger partial charge in [0.25, 0.3) is 5.91 Å². The molecule has 0 aliphatic rings. The van der Waals surface area contributed by atoms with Crippen LogP contribution in [-0.2, 0) is 6.61 Å². The van der Waals surface area contributed by atoms with Crippen molar-refractivity contribution in [2.75, 3.05) is 14.1 Å². The van der Waals surface area contributed by atoms with Gasteiger partial charge in [0.05, 0.1) is 0 Å². The summed E-state index contributed by atoms with van der Waals surface area (Å²) in [5.41, 5.74) is 1.66. The molecule has 3 nitrogen and oxygen atoms in total. The van der Waals surface area contributed by atoms with Crippen molar-refractivity contribution in [2.24, 2.45) is 0 Å². The lowest BCUT2D eigenvalue weighted by molar-refractivity contribution is 0.0827. The SMILES string of the molecule is CN(C)C(=O)c1cccc(COc2ccccc2)c1. The molecule has 0 aliphatic heterocycles. The van der Waals surface area contributed by atoms with Gasteiger partial charge in [-0.2, -0.15) is 0 Å². The first-order valence-corrected chi connectivity index (χ1v) is 6.15. The summed E-state index contributed by atoms with van der Waals surface area (Å²) in [6, 6.07) is 17.1. The molecular weight excluding hydrogens is 238 g/mol. The van der Waals surface area contributed by atoms with Crippen LogP contribution < -0.4 is 4.74 Å². The lowest BCUT2D eigenvalue weighted by Crippen LogP contribution is -2.21. The topological polar surface area (TPSA) is 29.5 Å². The van der Waals surface area contributed by atoms with Gasteiger partial charge in [-0.05, 0) is 29.8 Å². The third kappa shape index (κ3) is 3.58. The van der Waals surface area contributed by atoms with Crippen LogP contribution in [0.4, 0.5) is 0 Å². The Balaban J connectivity index is 2.05. The highest BCUT2D eigenvalue weighted by Gasteiger charge is 2.08. The molecule has 0 bridgehead atoms. The van der Waals surface area contributed by atoms with Crippen LogP contribution in [0.15, 0.2) is 54.6 Å². The molecule has 0 fully saturated rings. The summed E-state index contributed by atoms with van der Waals surface area (Å²) >= 11 is 0. The summed E-state index contributed by atoms with van der Waals surface area (Å²) in [5.74, 6) is 0.827. The highest BCUT2D eigenvalue weighted by Crippen LogP contribution is 2.13. The van der Waals surface area contributed by atoms with Crippen LogP contribution in [-0.4, -0.2) is 24.9 Å². The van der Waals surface area contributed by atoms with Gasteiger partial charge in [-0.15, -0.1) is 0 Å². The third-order valence-electron chi connectivity index (χ3n) is 2.73. The second-order valence-electron chi connectivity index (χ2n) is 4.50. The highest BCUT2D eigenvalue weighted by molar-refractivity contribution is 5.94. The van der Waals surface area contributed by atoms with E-state index in [2.05, 4.69) is 0 Å². The molecular formula is C16H17NO2. The van der Waals surface area contributed by atoms with Crippen molar-refractivity contribution in [3.05, 3.63) is 65.7 Å². The van der Waals surface area contributed by atoms with E-state index in [1.54, 1.807) is 19.0 Å². The van der Waals surface area contributed by atoms with E-state index in [4.69, 9.17) is 4.74 Å². The molecule has 98 valence electrons. The first kappa shape index (κ1) is 13.1. The number of para-hydroxylation sites is 1. The number of rotatable bonds is 4. The Hall–Kier alpha value is -2.29. The maximum Gasteiger partial charge on any atom is 0.253 e. The van der Waals surface area contributed by atoms with Gasteiger partial charge in [0.2, 0.25) is 0 Å². The van der Waals surface area contributed by atoms with Crippen molar-refractivity contribution in [1.82, 2.24) is 4.90 Å². The number of carbonyl (C=O) groups excluding carboxylic acids is 1. The Bertz CT molecular complexity index is 550. The summed E-state index contributed by atoms with van der Waals surface area (Å²) in [4.78, 5) is 13.4. The number of nitrogens with zero attached hydrogens (tertiary/aromatic N) is 1. The maximum atomic E-state index is 11.9. The van der Waals surface area contributed by atoms with Crippen molar-refractivity contribution in [3.63, 3.8) is 0 Å². The van der Waals surface area contributed by atoms with Crippen LogP contribution in [0, 0.1) is 0 Å². The first-order chi connectivity index (χ1) is 9.16. The smallest absolute Gasteiger partial charge is 0.253 e. The van der Waals surface area contributed by atoms with Gasteiger partial charge in [-0.25, -0.2) is 0 Å². The van der Waals surface area contributed by atoms with Crippen LogP contribution in [0.3, 0.4) is 0 Å². The molecule has 1 amide bonds. The molecule has 0 N–H and O–H groups in total. The Morgan fingerprint density at radius 1 is 1.05 bits per heavy atom. The van der Waals surface area contributed by atoms with Crippen molar-refractivity contribution in [1.29, 1.82) is 0 Å². The number of carbonyl (C=O) groups is 1. The van der Waals surface area contributed by atoms with Crippen LogP contribution in [0.25, 0.3) is 0 Å². The lowest BCUT2D eigenvalue weighted by Gasteiger charge is -2.11. The predicted molar refractivity (Wildman–Crippen MR) is 75.2 cm³/mol. The summed E-state index contributed by atoms with van der Waals surface area (Å²) in [5, 5.41) is 0. The van der Waals surface area contributed by atoms with E-state index in [0.717, 1.165) is 11.3 Å². The molecule has 0 saturated carbocycles. The Kier molecular flexibility index (Phi) is 4.18. The minimum Gasteiger partial charge on any atom is -0.489 e. The normalized spacial score (nSPS) is 10.0. The molecule has 0 radical (unpaired) electrons. The van der Waals surface area contributed by atoms with E-state index in [1.807, 2.05) is 54.6 Å². The summed E-state index contributed by atoms with van der Waals surface area (Å²) < 4.78 is 5.66. The largest absolute Gasteiger partial charge is 0.489 e. The third-order valence-corrected chi connectivity index (χ3v) is 2.73. The van der Waals surface area contributed by atoms with E-state index in [1.165, 1.54) is 0 Å². The number of hydrogen-bond acceptors (Lipinski definition) is 2. The molecule has 2 aromatic carbocycles. The molecule has 0 saturated heterocycles. The van der Waals surface area contributed by atoms with E-state index < -0.39 is 0 Å². The summed E-state index contributed by atoms with van der Waals surface area (Å²) in [7, 11) is 3.49. The zero-order chi connectivity index (χ0) is 13.7. The highest BCUT2D eigenvalue weighted by atomic mass is 16.5. The van der Waals surface area contributed by atoms with Gasteiger partial charge in [0, 0.05) is 19.7 Å². The second-order valence-corrected chi connectivity index (χ2v) is 4.50. The summed E-state index contributed by atoms with van der Waals surface area (Å²) in [6.07, 6.45) is 0. The quantitative estimate of drug-likeness (QED) is 0.840. The van der Waals surface area contributed by atoms with E-state index in [0.29, 0.717) is 12.2 Å². The van der Waals surface area contributed by atoms with Gasteiger partial charge < -0.3 is 9.64 Å². The Morgan fingerprint density at radius 2 is 1.79 bits per heavy atom. The van der Waals surface area contributed by atoms with Crippen molar-refractivity contribution in [3.8, 4) is 5.75 Å². The average molecular weight is 255 g/mol. The molecule has 0 aliphatic carbocycles. The fourth-order valence-electron chi connectivity index (χ4n) is 1.74. The molecule has 0 spiro atoms. The Labute approximate surface area is 113 Å². The predicted octanol–water partition coefficient (Wildman–Crippen LogP) is 2.97. The van der Waals surface area contributed by atoms with Crippen molar-refractivity contribution < 1.29 is 9.53 Å². The fourth-order valence-corrected chi connectivity index (χ4v) is 1.74. The van der Waals surface area contributed by atoms with Crippen LogP contribution in [0.5, 0.6) is 5.75 Å². The molecule has 0 atom stereocenters. The van der Waals surface area contributed by atoms with Gasteiger partial charge in [0.1, 0.15) is 12.4 Å². The molecule has 0 heterocycles. The molecule has 2 rings (SSSR count). The van der Waals surface area contributed by atoms with Crippen LogP contribution in [0.2, 0.25) is 0 Å². The zero-order valence-electron chi connectivity index (χ0n) is 11.2. The second kappa shape index (κ2) is 6.05.